The zero-order valence-corrected chi connectivity index (χ0v) is 17.4. The van der Waals surface area contributed by atoms with Gasteiger partial charge in [-0.1, -0.05) is 39.8 Å². The fraction of sp³-hybridized carbons (Fsp3) is 0.300. The van der Waals surface area contributed by atoms with E-state index < -0.39 is 6.10 Å². The van der Waals surface area contributed by atoms with Crippen LogP contribution in [0.5, 0.6) is 5.75 Å². The maximum absolute atomic E-state index is 14.2. The highest BCUT2D eigenvalue weighted by molar-refractivity contribution is 9.10. The van der Waals surface area contributed by atoms with E-state index >= 15 is 0 Å². The summed E-state index contributed by atoms with van der Waals surface area (Å²) in [5, 5.41) is 19.4. The van der Waals surface area contributed by atoms with Gasteiger partial charge in [-0.05, 0) is 49.2 Å². The highest BCUT2D eigenvalue weighted by Gasteiger charge is 2.31. The molecule has 1 atom stereocenters. The minimum Gasteiger partial charge on any atom is -0.491 e. The fourth-order valence-corrected chi connectivity index (χ4v) is 3.98. The maximum Gasteiger partial charge on any atom is 0.191 e. The third kappa shape index (κ3) is 4.56. The molecule has 1 saturated carbocycles. The van der Waals surface area contributed by atoms with Gasteiger partial charge in [-0.25, -0.2) is 4.39 Å². The molecule has 1 heterocycles. The molecule has 0 aliphatic heterocycles. The lowest BCUT2D eigenvalue weighted by molar-refractivity contribution is 0.126. The Morgan fingerprint density at radius 3 is 2.64 bits per heavy atom. The largest absolute Gasteiger partial charge is 0.491 e. The Hall–Kier alpha value is -1.90. The Bertz CT molecular complexity index is 947. The third-order valence-corrected chi connectivity index (χ3v) is 5.97. The highest BCUT2D eigenvalue weighted by atomic mass is 79.9. The van der Waals surface area contributed by atoms with Crippen LogP contribution in [0.15, 0.2) is 58.2 Å². The van der Waals surface area contributed by atoms with Crippen molar-refractivity contribution >= 4 is 27.7 Å². The second-order valence-electron chi connectivity index (χ2n) is 6.62. The van der Waals surface area contributed by atoms with Gasteiger partial charge in [0.2, 0.25) is 0 Å². The van der Waals surface area contributed by atoms with Gasteiger partial charge >= 0.3 is 0 Å². The standard InChI is InChI=1S/C20H19BrFN3O2S/c21-13-5-9-16(10-6-13)27-11-15(26)12-28-20-24-23-19(25(20)14-7-8-14)17-3-1-2-4-18(17)22/h1-6,9-10,14-15,26H,7-8,11-12H2/t15-/m0/s1. The summed E-state index contributed by atoms with van der Waals surface area (Å²) in [5.74, 6) is 1.36. The van der Waals surface area contributed by atoms with Crippen molar-refractivity contribution in [1.82, 2.24) is 14.8 Å². The quantitative estimate of drug-likeness (QED) is 0.490. The van der Waals surface area contributed by atoms with Gasteiger partial charge in [0.1, 0.15) is 18.2 Å². The number of thioether (sulfide) groups is 1. The van der Waals surface area contributed by atoms with Crippen LogP contribution in [-0.2, 0) is 0 Å². The fourth-order valence-electron chi connectivity index (χ4n) is 2.81. The molecule has 0 unspecified atom stereocenters. The monoisotopic (exact) mass is 463 g/mol. The van der Waals surface area contributed by atoms with Crippen molar-refractivity contribution < 1.29 is 14.2 Å². The normalized spacial score (nSPS) is 14.8. The van der Waals surface area contributed by atoms with Gasteiger partial charge < -0.3 is 9.84 Å². The van der Waals surface area contributed by atoms with Crippen LogP contribution in [0.1, 0.15) is 18.9 Å². The molecule has 1 aliphatic carbocycles. The molecule has 0 amide bonds. The predicted octanol–water partition coefficient (Wildman–Crippen LogP) is 4.71. The minimum absolute atomic E-state index is 0.187. The number of benzene rings is 2. The van der Waals surface area contributed by atoms with E-state index in [4.69, 9.17) is 4.74 Å². The summed E-state index contributed by atoms with van der Waals surface area (Å²) < 4.78 is 22.8. The van der Waals surface area contributed by atoms with E-state index in [0.29, 0.717) is 34.1 Å². The molecule has 5 nitrogen and oxygen atoms in total. The lowest BCUT2D eigenvalue weighted by Gasteiger charge is -2.13. The smallest absolute Gasteiger partial charge is 0.191 e. The lowest BCUT2D eigenvalue weighted by Crippen LogP contribution is -2.20. The zero-order valence-electron chi connectivity index (χ0n) is 15.0. The van der Waals surface area contributed by atoms with E-state index in [1.807, 2.05) is 28.8 Å². The molecule has 4 rings (SSSR count). The number of hydrogen-bond donors (Lipinski definition) is 1. The molecule has 1 fully saturated rings. The van der Waals surface area contributed by atoms with Gasteiger partial charge in [0.05, 0.1) is 11.7 Å². The Morgan fingerprint density at radius 2 is 1.93 bits per heavy atom. The van der Waals surface area contributed by atoms with Gasteiger partial charge in [-0.2, -0.15) is 0 Å². The van der Waals surface area contributed by atoms with Crippen molar-refractivity contribution in [2.75, 3.05) is 12.4 Å². The van der Waals surface area contributed by atoms with E-state index in [9.17, 15) is 9.50 Å². The van der Waals surface area contributed by atoms with Crippen molar-refractivity contribution in [1.29, 1.82) is 0 Å². The van der Waals surface area contributed by atoms with E-state index in [1.54, 1.807) is 18.2 Å². The number of aliphatic hydroxyl groups is 1. The second kappa shape index (κ2) is 8.63. The van der Waals surface area contributed by atoms with Gasteiger partial charge in [0.25, 0.3) is 0 Å². The van der Waals surface area contributed by atoms with Crippen LogP contribution >= 0.6 is 27.7 Å². The molecule has 0 bridgehead atoms. The van der Waals surface area contributed by atoms with Crippen molar-refractivity contribution in [3.63, 3.8) is 0 Å². The van der Waals surface area contributed by atoms with Crippen LogP contribution in [0.3, 0.4) is 0 Å². The molecule has 1 aromatic heterocycles. The molecule has 0 spiro atoms. The van der Waals surface area contributed by atoms with Gasteiger partial charge in [0.15, 0.2) is 11.0 Å². The first-order chi connectivity index (χ1) is 13.6. The van der Waals surface area contributed by atoms with Crippen molar-refractivity contribution in [3.05, 3.63) is 58.8 Å². The number of hydrogen-bond acceptors (Lipinski definition) is 5. The molecule has 3 aromatic rings. The first-order valence-corrected chi connectivity index (χ1v) is 10.8. The molecule has 8 heteroatoms. The minimum atomic E-state index is -0.657. The molecule has 0 saturated heterocycles. The van der Waals surface area contributed by atoms with Crippen LogP contribution in [0, 0.1) is 5.82 Å². The number of aromatic nitrogens is 3. The number of ether oxygens (including phenoxy) is 1. The Morgan fingerprint density at radius 1 is 1.18 bits per heavy atom. The van der Waals surface area contributed by atoms with Gasteiger partial charge in [-0.15, -0.1) is 10.2 Å². The number of nitrogens with zero attached hydrogens (tertiary/aromatic N) is 3. The molecule has 2 aromatic carbocycles. The second-order valence-corrected chi connectivity index (χ2v) is 8.52. The van der Waals surface area contributed by atoms with E-state index in [1.165, 1.54) is 17.8 Å². The van der Waals surface area contributed by atoms with Gasteiger partial charge in [0, 0.05) is 16.3 Å². The molecule has 146 valence electrons. The van der Waals surface area contributed by atoms with Gasteiger partial charge in [-0.3, -0.25) is 4.57 Å². The van der Waals surface area contributed by atoms with Crippen LogP contribution in [0.25, 0.3) is 11.4 Å². The highest BCUT2D eigenvalue weighted by Crippen LogP contribution is 2.41. The van der Waals surface area contributed by atoms with E-state index in [2.05, 4.69) is 26.1 Å². The molecular weight excluding hydrogens is 445 g/mol. The Kier molecular flexibility index (Phi) is 5.99. The van der Waals surface area contributed by atoms with Crippen LogP contribution in [0.2, 0.25) is 0 Å². The first-order valence-electron chi connectivity index (χ1n) is 9.01. The molecular formula is C20H19BrFN3O2S. The number of aliphatic hydroxyl groups excluding tert-OH is 1. The molecule has 1 N–H and O–H groups in total. The molecule has 0 radical (unpaired) electrons. The SMILES string of the molecule is O[C@@H](COc1ccc(Br)cc1)CSc1nnc(-c2ccccc2F)n1C1CC1. The summed E-state index contributed by atoms with van der Waals surface area (Å²) in [7, 11) is 0. The Balaban J connectivity index is 1.41. The zero-order chi connectivity index (χ0) is 19.5. The topological polar surface area (TPSA) is 60.2 Å². The summed E-state index contributed by atoms with van der Waals surface area (Å²) in [4.78, 5) is 0. The predicted molar refractivity (Wildman–Crippen MR) is 110 cm³/mol. The summed E-state index contributed by atoms with van der Waals surface area (Å²) in [6, 6.07) is 14.3. The van der Waals surface area contributed by atoms with Crippen LogP contribution in [-0.4, -0.2) is 38.3 Å². The lowest BCUT2D eigenvalue weighted by atomic mass is 10.2. The maximum atomic E-state index is 14.2. The molecule has 1 aliphatic rings. The third-order valence-electron chi connectivity index (χ3n) is 4.35. The molecule has 28 heavy (non-hydrogen) atoms. The average Bonchev–Trinajstić information content (AvgIpc) is 3.46. The van der Waals surface area contributed by atoms with Crippen molar-refractivity contribution in [2.45, 2.75) is 30.1 Å². The summed E-state index contributed by atoms with van der Waals surface area (Å²) in [5.41, 5.74) is 0.452. The van der Waals surface area contributed by atoms with Crippen molar-refractivity contribution in [3.8, 4) is 17.1 Å². The summed E-state index contributed by atoms with van der Waals surface area (Å²) in [6.45, 7) is 0.187. The van der Waals surface area contributed by atoms with E-state index in [-0.39, 0.29) is 12.4 Å². The average molecular weight is 464 g/mol. The summed E-state index contributed by atoms with van der Waals surface area (Å²) in [6.07, 6.45) is 1.40. The number of halogens is 2. The van der Waals surface area contributed by atoms with Crippen LogP contribution in [0.4, 0.5) is 4.39 Å². The van der Waals surface area contributed by atoms with Crippen LogP contribution < -0.4 is 4.74 Å². The first kappa shape index (κ1) is 19.4. The van der Waals surface area contributed by atoms with E-state index in [0.717, 1.165) is 17.3 Å². The Labute approximate surface area is 175 Å². The number of rotatable bonds is 8. The van der Waals surface area contributed by atoms with Crippen molar-refractivity contribution in [2.24, 2.45) is 0 Å². The summed E-state index contributed by atoms with van der Waals surface area (Å²) >= 11 is 4.79.